The fourth-order valence-electron chi connectivity index (χ4n) is 3.19. The first-order chi connectivity index (χ1) is 14.7. The van der Waals surface area contributed by atoms with Gasteiger partial charge >= 0.3 is 6.18 Å². The fraction of sp³-hybridized carbons (Fsp3) is 0.136. The van der Waals surface area contributed by atoms with Crippen LogP contribution in [0, 0.1) is 0 Å². The maximum atomic E-state index is 13.7. The second-order valence-corrected chi connectivity index (χ2v) is 7.85. The van der Waals surface area contributed by atoms with Gasteiger partial charge in [0.05, 0.1) is 17.9 Å². The van der Waals surface area contributed by atoms with Crippen LogP contribution >= 0.6 is 15.9 Å². The predicted molar refractivity (Wildman–Crippen MR) is 113 cm³/mol. The third-order valence-electron chi connectivity index (χ3n) is 4.79. The van der Waals surface area contributed by atoms with Gasteiger partial charge in [0.1, 0.15) is 5.56 Å². The molecule has 31 heavy (non-hydrogen) atoms. The van der Waals surface area contributed by atoms with Gasteiger partial charge in [0, 0.05) is 10.0 Å². The van der Waals surface area contributed by atoms with Gasteiger partial charge in [-0.3, -0.25) is 4.79 Å². The highest BCUT2D eigenvalue weighted by Gasteiger charge is 2.36. The minimum absolute atomic E-state index is 0.0350. The lowest BCUT2D eigenvalue weighted by Gasteiger charge is -2.14. The number of fused-ring (bicyclic) bond motifs is 1. The molecule has 2 heterocycles. The summed E-state index contributed by atoms with van der Waals surface area (Å²) in [6, 6.07) is 16.5. The van der Waals surface area contributed by atoms with E-state index < -0.39 is 17.8 Å². The van der Waals surface area contributed by atoms with Crippen LogP contribution in [0.1, 0.15) is 34.6 Å². The zero-order valence-electron chi connectivity index (χ0n) is 16.2. The number of amides is 1. The maximum absolute atomic E-state index is 13.7. The molecular weight excluding hydrogens is 473 g/mol. The molecule has 0 aliphatic heterocycles. The molecule has 0 radical (unpaired) electrons. The number of nitrogens with zero attached hydrogens (tertiary/aromatic N) is 3. The molecule has 4 aromatic rings. The molecule has 4 rings (SSSR count). The van der Waals surface area contributed by atoms with Gasteiger partial charge in [-0.2, -0.15) is 18.3 Å². The van der Waals surface area contributed by atoms with Crippen LogP contribution in [0.15, 0.2) is 71.3 Å². The molecule has 0 spiro atoms. The Kier molecular flexibility index (Phi) is 5.53. The SMILES string of the molecule is C[C@H](NC(=O)c1cnn2c(C(F)(F)F)cc(-c3ccc(Br)cc3)nc12)c1ccccc1. The Balaban J connectivity index is 1.79. The Hall–Kier alpha value is -3.20. The van der Waals surface area contributed by atoms with Crippen molar-refractivity contribution in [2.24, 2.45) is 0 Å². The Bertz CT molecular complexity index is 1240. The second kappa shape index (κ2) is 8.14. The Morgan fingerprint density at radius 3 is 2.42 bits per heavy atom. The van der Waals surface area contributed by atoms with E-state index in [1.807, 2.05) is 30.3 Å². The third kappa shape index (κ3) is 4.32. The highest BCUT2D eigenvalue weighted by molar-refractivity contribution is 9.10. The molecule has 2 aromatic carbocycles. The van der Waals surface area contributed by atoms with Crippen LogP contribution in [-0.2, 0) is 6.18 Å². The van der Waals surface area contributed by atoms with Crippen molar-refractivity contribution in [3.8, 4) is 11.3 Å². The summed E-state index contributed by atoms with van der Waals surface area (Å²) in [5, 5.41) is 6.60. The second-order valence-electron chi connectivity index (χ2n) is 6.93. The van der Waals surface area contributed by atoms with Gasteiger partial charge in [-0.1, -0.05) is 58.4 Å². The van der Waals surface area contributed by atoms with Crippen LogP contribution in [0.25, 0.3) is 16.9 Å². The fourth-order valence-corrected chi connectivity index (χ4v) is 3.46. The number of alkyl halides is 3. The molecule has 2 aromatic heterocycles. The summed E-state index contributed by atoms with van der Waals surface area (Å²) >= 11 is 3.30. The van der Waals surface area contributed by atoms with E-state index in [0.717, 1.165) is 22.3 Å². The average molecular weight is 489 g/mol. The zero-order valence-corrected chi connectivity index (χ0v) is 17.8. The van der Waals surface area contributed by atoms with Gasteiger partial charge in [0.15, 0.2) is 11.3 Å². The van der Waals surface area contributed by atoms with E-state index >= 15 is 0 Å². The van der Waals surface area contributed by atoms with Crippen molar-refractivity contribution in [2.45, 2.75) is 19.1 Å². The quantitative estimate of drug-likeness (QED) is 0.402. The van der Waals surface area contributed by atoms with Gasteiger partial charge < -0.3 is 5.32 Å². The molecule has 0 aliphatic carbocycles. The van der Waals surface area contributed by atoms with E-state index in [4.69, 9.17) is 0 Å². The van der Waals surface area contributed by atoms with Crippen molar-refractivity contribution in [3.05, 3.63) is 88.2 Å². The van der Waals surface area contributed by atoms with Gasteiger partial charge in [0.25, 0.3) is 5.91 Å². The molecule has 0 bridgehead atoms. The number of halogens is 4. The minimum atomic E-state index is -4.68. The lowest BCUT2D eigenvalue weighted by Crippen LogP contribution is -2.26. The first-order valence-electron chi connectivity index (χ1n) is 9.32. The lowest BCUT2D eigenvalue weighted by atomic mass is 10.1. The first-order valence-corrected chi connectivity index (χ1v) is 10.1. The normalized spacial score (nSPS) is 12.7. The number of benzene rings is 2. The van der Waals surface area contributed by atoms with E-state index in [9.17, 15) is 18.0 Å². The molecule has 9 heteroatoms. The van der Waals surface area contributed by atoms with Crippen LogP contribution in [-0.4, -0.2) is 20.5 Å². The van der Waals surface area contributed by atoms with E-state index in [1.165, 1.54) is 0 Å². The summed E-state index contributed by atoms with van der Waals surface area (Å²) < 4.78 is 42.6. The highest BCUT2D eigenvalue weighted by Crippen LogP contribution is 2.33. The number of carbonyl (C=O) groups excluding carboxylic acids is 1. The molecule has 0 saturated heterocycles. The number of aromatic nitrogens is 3. The summed E-state index contributed by atoms with van der Waals surface area (Å²) in [7, 11) is 0. The van der Waals surface area contributed by atoms with Crippen molar-refractivity contribution < 1.29 is 18.0 Å². The molecular formula is C22H16BrF3N4O. The minimum Gasteiger partial charge on any atom is -0.345 e. The Morgan fingerprint density at radius 1 is 1.10 bits per heavy atom. The molecule has 1 N–H and O–H groups in total. The largest absolute Gasteiger partial charge is 0.433 e. The zero-order chi connectivity index (χ0) is 22.2. The molecule has 158 valence electrons. The van der Waals surface area contributed by atoms with Gasteiger partial charge in [-0.15, -0.1) is 0 Å². The van der Waals surface area contributed by atoms with Crippen molar-refractivity contribution in [1.29, 1.82) is 0 Å². The van der Waals surface area contributed by atoms with Gasteiger partial charge in [-0.25, -0.2) is 9.50 Å². The number of nitrogens with one attached hydrogen (secondary N) is 1. The molecule has 0 saturated carbocycles. The molecule has 0 unspecified atom stereocenters. The van der Waals surface area contributed by atoms with E-state index in [2.05, 4.69) is 31.3 Å². The number of carbonyl (C=O) groups is 1. The van der Waals surface area contributed by atoms with Crippen LogP contribution in [0.4, 0.5) is 13.2 Å². The van der Waals surface area contributed by atoms with Crippen molar-refractivity contribution in [1.82, 2.24) is 19.9 Å². The first kappa shape index (κ1) is 21.0. The lowest BCUT2D eigenvalue weighted by molar-refractivity contribution is -0.142. The summed E-state index contributed by atoms with van der Waals surface area (Å²) in [5.74, 6) is -0.556. The van der Waals surface area contributed by atoms with Crippen molar-refractivity contribution in [3.63, 3.8) is 0 Å². The summed E-state index contributed by atoms with van der Waals surface area (Å²) in [4.78, 5) is 17.2. The molecule has 0 aliphatic rings. The van der Waals surface area contributed by atoms with E-state index in [1.54, 1.807) is 31.2 Å². The van der Waals surface area contributed by atoms with Crippen molar-refractivity contribution >= 4 is 27.5 Å². The monoisotopic (exact) mass is 488 g/mol. The van der Waals surface area contributed by atoms with Crippen LogP contribution in [0.2, 0.25) is 0 Å². The summed E-state index contributed by atoms with van der Waals surface area (Å²) in [5.41, 5.74) is 0.245. The van der Waals surface area contributed by atoms with Crippen LogP contribution in [0.3, 0.4) is 0 Å². The Labute approximate surface area is 184 Å². The molecule has 5 nitrogen and oxygen atoms in total. The highest BCUT2D eigenvalue weighted by atomic mass is 79.9. The molecule has 1 atom stereocenters. The molecule has 0 fully saturated rings. The standard InChI is InChI=1S/C22H16BrF3N4O/c1-13(14-5-3-2-4-6-14)28-21(31)17-12-27-30-19(22(24,25)26)11-18(29-20(17)30)15-7-9-16(23)10-8-15/h2-13H,1H3,(H,28,31)/t13-/m0/s1. The van der Waals surface area contributed by atoms with Crippen LogP contribution in [0.5, 0.6) is 0 Å². The third-order valence-corrected chi connectivity index (χ3v) is 5.32. The molecule has 1 amide bonds. The van der Waals surface area contributed by atoms with Gasteiger partial charge in [-0.05, 0) is 30.7 Å². The summed E-state index contributed by atoms with van der Waals surface area (Å²) in [6.45, 7) is 1.79. The Morgan fingerprint density at radius 2 is 1.77 bits per heavy atom. The average Bonchev–Trinajstić information content (AvgIpc) is 3.17. The summed E-state index contributed by atoms with van der Waals surface area (Å²) in [6.07, 6.45) is -3.57. The topological polar surface area (TPSA) is 59.3 Å². The van der Waals surface area contributed by atoms with Gasteiger partial charge in [0.2, 0.25) is 0 Å². The smallest absolute Gasteiger partial charge is 0.345 e. The predicted octanol–water partition coefficient (Wildman–Crippen LogP) is 5.67. The van der Waals surface area contributed by atoms with Crippen molar-refractivity contribution in [2.75, 3.05) is 0 Å². The van der Waals surface area contributed by atoms with Crippen LogP contribution < -0.4 is 5.32 Å². The number of hydrogen-bond donors (Lipinski definition) is 1. The van der Waals surface area contributed by atoms with E-state index in [-0.39, 0.29) is 22.9 Å². The van der Waals surface area contributed by atoms with E-state index in [0.29, 0.717) is 10.1 Å². The number of hydrogen-bond acceptors (Lipinski definition) is 3. The number of rotatable bonds is 4. The maximum Gasteiger partial charge on any atom is 0.433 e.